The summed E-state index contributed by atoms with van der Waals surface area (Å²) in [7, 11) is 0. The second-order valence-electron chi connectivity index (χ2n) is 6.63. The van der Waals surface area contributed by atoms with Gasteiger partial charge in [0.15, 0.2) is 0 Å². The largest absolute Gasteiger partial charge is 0.336 e. The summed E-state index contributed by atoms with van der Waals surface area (Å²) in [5.74, 6) is -0.0843. The fraction of sp³-hybridized carbons (Fsp3) is 0.250. The van der Waals surface area contributed by atoms with Crippen molar-refractivity contribution >= 4 is 50.7 Å². The Morgan fingerprint density at radius 2 is 1.89 bits per heavy atom. The van der Waals surface area contributed by atoms with Gasteiger partial charge in [0, 0.05) is 31.7 Å². The van der Waals surface area contributed by atoms with Crippen LogP contribution in [0.4, 0.5) is 5.69 Å². The lowest BCUT2D eigenvalue weighted by molar-refractivity contribution is -0.117. The molecule has 0 atom stereocenters. The second-order valence-corrected chi connectivity index (χ2v) is 7.92. The molecule has 0 bridgehead atoms. The second kappa shape index (κ2) is 8.26. The van der Waals surface area contributed by atoms with E-state index < -0.39 is 0 Å². The van der Waals surface area contributed by atoms with Crippen molar-refractivity contribution in [1.29, 1.82) is 0 Å². The summed E-state index contributed by atoms with van der Waals surface area (Å²) in [6, 6.07) is 12.8. The fourth-order valence-electron chi connectivity index (χ4n) is 3.24. The van der Waals surface area contributed by atoms with E-state index in [2.05, 4.69) is 10.3 Å². The van der Waals surface area contributed by atoms with Gasteiger partial charge in [-0.05, 0) is 30.3 Å². The zero-order valence-corrected chi connectivity index (χ0v) is 16.7. The molecular weight excluding hydrogens is 396 g/mol. The number of carbonyl (C=O) groups excluding carboxylic acids is 2. The number of amides is 2. The Morgan fingerprint density at radius 1 is 1.11 bits per heavy atom. The van der Waals surface area contributed by atoms with Crippen LogP contribution in [0.1, 0.15) is 10.4 Å². The number of carbonyl (C=O) groups is 2. The molecule has 0 saturated carbocycles. The van der Waals surface area contributed by atoms with Gasteiger partial charge in [-0.15, -0.1) is 11.3 Å². The first-order valence-electron chi connectivity index (χ1n) is 8.99. The Bertz CT molecular complexity index is 1010. The summed E-state index contributed by atoms with van der Waals surface area (Å²) in [6.07, 6.45) is 0. The highest BCUT2D eigenvalue weighted by Crippen LogP contribution is 2.21. The van der Waals surface area contributed by atoms with Crippen molar-refractivity contribution in [3.05, 3.63) is 58.6 Å². The van der Waals surface area contributed by atoms with Crippen LogP contribution >= 0.6 is 22.9 Å². The average Bonchev–Trinajstić information content (AvgIpc) is 3.17. The molecule has 1 N–H and O–H groups in total. The first-order chi connectivity index (χ1) is 13.6. The average molecular weight is 415 g/mol. The van der Waals surface area contributed by atoms with Gasteiger partial charge in [0.1, 0.15) is 0 Å². The van der Waals surface area contributed by atoms with Crippen LogP contribution in [0.25, 0.3) is 10.2 Å². The summed E-state index contributed by atoms with van der Waals surface area (Å²) in [5.41, 5.74) is 3.99. The van der Waals surface area contributed by atoms with Crippen molar-refractivity contribution in [3.8, 4) is 0 Å². The molecule has 1 aromatic heterocycles. The zero-order valence-electron chi connectivity index (χ0n) is 15.1. The third kappa shape index (κ3) is 4.16. The Morgan fingerprint density at radius 3 is 2.68 bits per heavy atom. The number of para-hydroxylation sites is 1. The van der Waals surface area contributed by atoms with E-state index in [-0.39, 0.29) is 18.4 Å². The molecule has 3 aromatic rings. The third-order valence-electron chi connectivity index (χ3n) is 4.75. The van der Waals surface area contributed by atoms with Crippen molar-refractivity contribution in [1.82, 2.24) is 14.8 Å². The minimum Gasteiger partial charge on any atom is -0.336 e. The van der Waals surface area contributed by atoms with Crippen LogP contribution in [0.2, 0.25) is 5.02 Å². The van der Waals surface area contributed by atoms with E-state index in [1.165, 1.54) is 11.3 Å². The standard InChI is InChI=1S/C20H19ClN4O2S/c21-15-3-1-2-4-16(15)23-19(26)12-24-7-9-25(10-8-24)20(27)14-5-6-17-18(11-14)28-13-22-17/h1-6,11,13H,7-10,12H2,(H,23,26). The molecule has 1 fully saturated rings. The maximum absolute atomic E-state index is 12.8. The maximum atomic E-state index is 12.8. The lowest BCUT2D eigenvalue weighted by atomic mass is 10.1. The van der Waals surface area contributed by atoms with Gasteiger partial charge >= 0.3 is 0 Å². The Hall–Kier alpha value is -2.48. The number of benzene rings is 2. The number of thiazole rings is 1. The van der Waals surface area contributed by atoms with Gasteiger partial charge in [-0.3, -0.25) is 14.5 Å². The number of hydrogen-bond donors (Lipinski definition) is 1. The molecule has 28 heavy (non-hydrogen) atoms. The molecule has 8 heteroatoms. The van der Waals surface area contributed by atoms with Crippen LogP contribution in [-0.2, 0) is 4.79 Å². The molecule has 4 rings (SSSR count). The first kappa shape index (κ1) is 18.9. The molecule has 2 amide bonds. The van der Waals surface area contributed by atoms with Crippen LogP contribution in [0.3, 0.4) is 0 Å². The number of fused-ring (bicyclic) bond motifs is 1. The van der Waals surface area contributed by atoms with Gasteiger partial charge < -0.3 is 10.2 Å². The normalized spacial score (nSPS) is 15.0. The van der Waals surface area contributed by atoms with Crippen LogP contribution < -0.4 is 5.32 Å². The fourth-order valence-corrected chi connectivity index (χ4v) is 4.13. The van der Waals surface area contributed by atoms with E-state index in [0.717, 1.165) is 10.2 Å². The number of nitrogens with zero attached hydrogens (tertiary/aromatic N) is 3. The van der Waals surface area contributed by atoms with Crippen LogP contribution in [0, 0.1) is 0 Å². The van der Waals surface area contributed by atoms with Crippen molar-refractivity contribution in [2.24, 2.45) is 0 Å². The van der Waals surface area contributed by atoms with Gasteiger partial charge in [0.25, 0.3) is 5.91 Å². The van der Waals surface area contributed by atoms with Crippen molar-refractivity contribution < 1.29 is 9.59 Å². The Balaban J connectivity index is 1.31. The van der Waals surface area contributed by atoms with E-state index in [1.807, 2.05) is 40.1 Å². The van der Waals surface area contributed by atoms with E-state index in [9.17, 15) is 9.59 Å². The monoisotopic (exact) mass is 414 g/mol. The maximum Gasteiger partial charge on any atom is 0.253 e. The smallest absolute Gasteiger partial charge is 0.253 e. The molecule has 2 aromatic carbocycles. The number of aromatic nitrogens is 1. The highest BCUT2D eigenvalue weighted by Gasteiger charge is 2.23. The van der Waals surface area contributed by atoms with Gasteiger partial charge in [-0.1, -0.05) is 23.7 Å². The van der Waals surface area contributed by atoms with Crippen LogP contribution in [0.15, 0.2) is 48.0 Å². The topological polar surface area (TPSA) is 65.5 Å². The number of halogens is 1. The molecule has 1 aliphatic heterocycles. The molecular formula is C20H19ClN4O2S. The molecule has 144 valence electrons. The van der Waals surface area contributed by atoms with Crippen molar-refractivity contribution in [3.63, 3.8) is 0 Å². The van der Waals surface area contributed by atoms with Gasteiger partial charge in [-0.25, -0.2) is 4.98 Å². The summed E-state index contributed by atoms with van der Waals surface area (Å²) in [6.45, 7) is 2.78. The number of hydrogen-bond acceptors (Lipinski definition) is 5. The Labute approximate surface area is 171 Å². The third-order valence-corrected chi connectivity index (χ3v) is 5.87. The van der Waals surface area contributed by atoms with E-state index >= 15 is 0 Å². The van der Waals surface area contributed by atoms with E-state index in [4.69, 9.17) is 11.6 Å². The summed E-state index contributed by atoms with van der Waals surface area (Å²) >= 11 is 7.61. The van der Waals surface area contributed by atoms with E-state index in [1.54, 1.807) is 17.6 Å². The number of piperazine rings is 1. The molecule has 2 heterocycles. The minimum atomic E-state index is -0.108. The molecule has 1 saturated heterocycles. The lowest BCUT2D eigenvalue weighted by Crippen LogP contribution is -2.50. The lowest BCUT2D eigenvalue weighted by Gasteiger charge is -2.34. The van der Waals surface area contributed by atoms with Gasteiger partial charge in [-0.2, -0.15) is 0 Å². The molecule has 1 aliphatic rings. The number of anilines is 1. The Kier molecular flexibility index (Phi) is 5.57. The van der Waals surface area contributed by atoms with Gasteiger partial charge in [0.2, 0.25) is 5.91 Å². The molecule has 0 spiro atoms. The SMILES string of the molecule is O=C(CN1CCN(C(=O)c2ccc3ncsc3c2)CC1)Nc1ccccc1Cl. The molecule has 0 unspecified atom stereocenters. The predicted molar refractivity (Wildman–Crippen MR) is 112 cm³/mol. The molecule has 0 radical (unpaired) electrons. The summed E-state index contributed by atoms with van der Waals surface area (Å²) in [5, 5.41) is 3.35. The predicted octanol–water partition coefficient (Wildman–Crippen LogP) is 3.35. The van der Waals surface area contributed by atoms with E-state index in [0.29, 0.717) is 42.5 Å². The first-order valence-corrected chi connectivity index (χ1v) is 10.3. The summed E-state index contributed by atoms with van der Waals surface area (Å²) < 4.78 is 1.01. The molecule has 0 aliphatic carbocycles. The van der Waals surface area contributed by atoms with Crippen LogP contribution in [0.5, 0.6) is 0 Å². The highest BCUT2D eigenvalue weighted by molar-refractivity contribution is 7.16. The zero-order chi connectivity index (χ0) is 19.5. The molecule has 6 nitrogen and oxygen atoms in total. The quantitative estimate of drug-likeness (QED) is 0.711. The number of nitrogens with one attached hydrogen (secondary N) is 1. The van der Waals surface area contributed by atoms with Gasteiger partial charge in [0.05, 0.1) is 33.0 Å². The van der Waals surface area contributed by atoms with Crippen molar-refractivity contribution in [2.75, 3.05) is 38.0 Å². The highest BCUT2D eigenvalue weighted by atomic mass is 35.5. The summed E-state index contributed by atoms with van der Waals surface area (Å²) in [4.78, 5) is 33.2. The minimum absolute atomic E-state index is 0.0236. The van der Waals surface area contributed by atoms with Crippen molar-refractivity contribution in [2.45, 2.75) is 0 Å². The van der Waals surface area contributed by atoms with Crippen LogP contribution in [-0.4, -0.2) is 59.3 Å². The number of rotatable bonds is 4.